The van der Waals surface area contributed by atoms with Gasteiger partial charge in [-0.3, -0.25) is 9.48 Å². The molecule has 28 heavy (non-hydrogen) atoms. The molecule has 0 atom stereocenters. The molecule has 0 aliphatic rings. The lowest BCUT2D eigenvalue weighted by Crippen LogP contribution is -2.29. The van der Waals surface area contributed by atoms with Crippen molar-refractivity contribution in [2.75, 3.05) is 20.8 Å². The average molecular weight is 400 g/mol. The van der Waals surface area contributed by atoms with Crippen molar-refractivity contribution in [3.63, 3.8) is 0 Å². The second-order valence-electron chi connectivity index (χ2n) is 6.50. The van der Waals surface area contributed by atoms with Gasteiger partial charge in [-0.15, -0.1) is 0 Å². The van der Waals surface area contributed by atoms with E-state index in [1.807, 2.05) is 29.8 Å². The molecule has 0 saturated carbocycles. The van der Waals surface area contributed by atoms with Gasteiger partial charge in [0.05, 0.1) is 32.9 Å². The third-order valence-electron chi connectivity index (χ3n) is 4.65. The first kappa shape index (κ1) is 19.9. The summed E-state index contributed by atoms with van der Waals surface area (Å²) in [5, 5.41) is 11.8. The smallest absolute Gasteiger partial charge is 0.224 e. The van der Waals surface area contributed by atoms with Gasteiger partial charge in [-0.2, -0.15) is 16.4 Å². The number of rotatable bonds is 8. The van der Waals surface area contributed by atoms with Gasteiger partial charge in [0.25, 0.3) is 0 Å². The van der Waals surface area contributed by atoms with E-state index < -0.39 is 0 Å². The van der Waals surface area contributed by atoms with Crippen LogP contribution in [-0.2, 0) is 17.8 Å². The summed E-state index contributed by atoms with van der Waals surface area (Å²) in [6.07, 6.45) is 0.289. The molecule has 3 rings (SSSR count). The number of aromatic nitrogens is 2. The van der Waals surface area contributed by atoms with Crippen LogP contribution in [0.3, 0.4) is 0 Å². The summed E-state index contributed by atoms with van der Waals surface area (Å²) in [5.74, 6) is 1.24. The Bertz CT molecular complexity index is 948. The Kier molecular flexibility index (Phi) is 6.36. The normalized spacial score (nSPS) is 10.7. The zero-order valence-electron chi connectivity index (χ0n) is 16.6. The maximum atomic E-state index is 12.3. The van der Waals surface area contributed by atoms with Gasteiger partial charge in [0.15, 0.2) is 11.5 Å². The Balaban J connectivity index is 1.57. The number of ether oxygens (including phenoxy) is 2. The molecular weight excluding hydrogens is 374 g/mol. The molecule has 1 N–H and O–H groups in total. The second kappa shape index (κ2) is 8.93. The van der Waals surface area contributed by atoms with E-state index in [2.05, 4.69) is 34.2 Å². The molecular formula is C21H25N3O3S. The van der Waals surface area contributed by atoms with Crippen LogP contribution in [0.2, 0.25) is 0 Å². The first-order chi connectivity index (χ1) is 13.5. The molecule has 7 heteroatoms. The number of carbonyl (C=O) groups excluding carboxylic acids is 1. The Morgan fingerprint density at radius 2 is 1.96 bits per heavy atom. The van der Waals surface area contributed by atoms with Crippen LogP contribution in [0.5, 0.6) is 11.5 Å². The van der Waals surface area contributed by atoms with E-state index in [0.717, 1.165) is 17.0 Å². The van der Waals surface area contributed by atoms with E-state index in [9.17, 15) is 4.79 Å². The average Bonchev–Trinajstić information content (AvgIpc) is 3.29. The zero-order chi connectivity index (χ0) is 20.1. The molecule has 0 aliphatic heterocycles. The number of benzene rings is 1. The number of methoxy groups -OCH3 is 2. The number of carbonyl (C=O) groups is 1. The summed E-state index contributed by atoms with van der Waals surface area (Å²) >= 11 is 1.68. The minimum atomic E-state index is -0.0354. The van der Waals surface area contributed by atoms with Gasteiger partial charge < -0.3 is 14.8 Å². The molecule has 3 aromatic rings. The van der Waals surface area contributed by atoms with Crippen LogP contribution in [0.4, 0.5) is 0 Å². The molecule has 148 valence electrons. The number of nitrogens with one attached hydrogen (secondary N) is 1. The highest BCUT2D eigenvalue weighted by atomic mass is 32.1. The molecule has 0 bridgehead atoms. The summed E-state index contributed by atoms with van der Waals surface area (Å²) in [6, 6.07) is 7.61. The van der Waals surface area contributed by atoms with Crippen LogP contribution in [0, 0.1) is 13.8 Å². The lowest BCUT2D eigenvalue weighted by atomic mass is 10.1. The van der Waals surface area contributed by atoms with Gasteiger partial charge in [-0.25, -0.2) is 0 Å². The second-order valence-corrected chi connectivity index (χ2v) is 7.28. The number of hydrogen-bond donors (Lipinski definition) is 1. The predicted octanol–water partition coefficient (Wildman–Crippen LogP) is 3.60. The van der Waals surface area contributed by atoms with E-state index in [-0.39, 0.29) is 12.3 Å². The van der Waals surface area contributed by atoms with E-state index in [0.29, 0.717) is 24.6 Å². The van der Waals surface area contributed by atoms with Crippen LogP contribution in [-0.4, -0.2) is 36.5 Å². The molecule has 0 fully saturated rings. The molecule has 2 aromatic heterocycles. The summed E-state index contributed by atoms with van der Waals surface area (Å²) < 4.78 is 12.5. The highest BCUT2D eigenvalue weighted by Crippen LogP contribution is 2.29. The van der Waals surface area contributed by atoms with Crippen molar-refractivity contribution in [1.82, 2.24) is 15.1 Å². The van der Waals surface area contributed by atoms with Gasteiger partial charge in [0.1, 0.15) is 0 Å². The Labute approximate surface area is 169 Å². The van der Waals surface area contributed by atoms with E-state index in [1.54, 1.807) is 25.6 Å². The molecule has 0 spiro atoms. The van der Waals surface area contributed by atoms with Crippen molar-refractivity contribution in [3.8, 4) is 22.6 Å². The summed E-state index contributed by atoms with van der Waals surface area (Å²) in [7, 11) is 3.17. The molecule has 0 unspecified atom stereocenters. The third-order valence-corrected chi connectivity index (χ3v) is 5.33. The Morgan fingerprint density at radius 3 is 2.64 bits per heavy atom. The Hall–Kier alpha value is -2.80. The quantitative estimate of drug-likeness (QED) is 0.629. The van der Waals surface area contributed by atoms with Crippen molar-refractivity contribution in [2.24, 2.45) is 0 Å². The van der Waals surface area contributed by atoms with Gasteiger partial charge in [0, 0.05) is 17.8 Å². The first-order valence-electron chi connectivity index (χ1n) is 9.07. The SMILES string of the molecule is COc1ccc(CC(=O)NCCn2nc(C)c(-c3ccsc3)c2C)cc1OC. The van der Waals surface area contributed by atoms with Crippen molar-refractivity contribution in [2.45, 2.75) is 26.8 Å². The fraction of sp³-hybridized carbons (Fsp3) is 0.333. The zero-order valence-corrected chi connectivity index (χ0v) is 17.4. The molecule has 0 radical (unpaired) electrons. The number of amides is 1. The number of hydrogen-bond acceptors (Lipinski definition) is 5. The number of aryl methyl sites for hydroxylation is 1. The molecule has 1 aromatic carbocycles. The maximum absolute atomic E-state index is 12.3. The molecule has 2 heterocycles. The van der Waals surface area contributed by atoms with E-state index >= 15 is 0 Å². The lowest BCUT2D eigenvalue weighted by Gasteiger charge is -2.10. The first-order valence-corrected chi connectivity index (χ1v) is 10.0. The van der Waals surface area contributed by atoms with E-state index in [1.165, 1.54) is 11.1 Å². The van der Waals surface area contributed by atoms with Crippen molar-refractivity contribution < 1.29 is 14.3 Å². The molecule has 0 aliphatic carbocycles. The minimum Gasteiger partial charge on any atom is -0.493 e. The van der Waals surface area contributed by atoms with Gasteiger partial charge in [-0.1, -0.05) is 6.07 Å². The van der Waals surface area contributed by atoms with E-state index in [4.69, 9.17) is 9.47 Å². The Morgan fingerprint density at radius 1 is 1.18 bits per heavy atom. The van der Waals surface area contributed by atoms with Gasteiger partial charge in [-0.05, 0) is 53.9 Å². The summed E-state index contributed by atoms with van der Waals surface area (Å²) in [4.78, 5) is 12.3. The highest BCUT2D eigenvalue weighted by molar-refractivity contribution is 7.08. The van der Waals surface area contributed by atoms with Gasteiger partial charge >= 0.3 is 0 Å². The topological polar surface area (TPSA) is 65.4 Å². The van der Waals surface area contributed by atoms with Crippen LogP contribution in [0.1, 0.15) is 17.0 Å². The predicted molar refractivity (Wildman–Crippen MR) is 111 cm³/mol. The van der Waals surface area contributed by atoms with Gasteiger partial charge in [0.2, 0.25) is 5.91 Å². The highest BCUT2D eigenvalue weighted by Gasteiger charge is 2.14. The van der Waals surface area contributed by atoms with Crippen LogP contribution >= 0.6 is 11.3 Å². The maximum Gasteiger partial charge on any atom is 0.224 e. The van der Waals surface area contributed by atoms with Crippen molar-refractivity contribution >= 4 is 17.2 Å². The van der Waals surface area contributed by atoms with Crippen LogP contribution < -0.4 is 14.8 Å². The van der Waals surface area contributed by atoms with Crippen molar-refractivity contribution in [1.29, 1.82) is 0 Å². The van der Waals surface area contributed by atoms with Crippen molar-refractivity contribution in [3.05, 3.63) is 52.0 Å². The lowest BCUT2D eigenvalue weighted by molar-refractivity contribution is -0.120. The standard InChI is InChI=1S/C21H25N3O3S/c1-14-21(17-7-10-28-13-17)15(2)24(23-14)9-8-22-20(25)12-16-5-6-18(26-3)19(11-16)27-4/h5-7,10-11,13H,8-9,12H2,1-4H3,(H,22,25). The number of thiophene rings is 1. The molecule has 0 saturated heterocycles. The summed E-state index contributed by atoms with van der Waals surface area (Å²) in [6.45, 7) is 5.25. The fourth-order valence-corrected chi connectivity index (χ4v) is 3.93. The molecule has 1 amide bonds. The third kappa shape index (κ3) is 4.36. The number of nitrogens with zero attached hydrogens (tertiary/aromatic N) is 2. The monoisotopic (exact) mass is 399 g/mol. The fourth-order valence-electron chi connectivity index (χ4n) is 3.28. The largest absolute Gasteiger partial charge is 0.493 e. The van der Waals surface area contributed by atoms with Crippen LogP contribution in [0.15, 0.2) is 35.0 Å². The van der Waals surface area contributed by atoms with Crippen LogP contribution in [0.25, 0.3) is 11.1 Å². The minimum absolute atomic E-state index is 0.0354. The molecule has 6 nitrogen and oxygen atoms in total. The summed E-state index contributed by atoms with van der Waals surface area (Å²) in [5.41, 5.74) is 5.38.